The number of nitrogens with one attached hydrogen (secondary N) is 2. The summed E-state index contributed by atoms with van der Waals surface area (Å²) in [6.07, 6.45) is 1.75. The van der Waals surface area contributed by atoms with Gasteiger partial charge in [0.15, 0.2) is 0 Å². The molecule has 2 aromatic heterocycles. The maximum absolute atomic E-state index is 12.9. The average molecular weight is 397 g/mol. The van der Waals surface area contributed by atoms with E-state index in [0.29, 0.717) is 23.3 Å². The van der Waals surface area contributed by atoms with Crippen molar-refractivity contribution >= 4 is 34.1 Å². The molecule has 4 aromatic rings. The number of hydrogen-bond donors (Lipinski definition) is 2. The van der Waals surface area contributed by atoms with Gasteiger partial charge in [-0.1, -0.05) is 50.2 Å². The highest BCUT2D eigenvalue weighted by Crippen LogP contribution is 2.25. The van der Waals surface area contributed by atoms with E-state index < -0.39 is 0 Å². The Bertz CT molecular complexity index is 1210. The summed E-state index contributed by atoms with van der Waals surface area (Å²) in [5.41, 5.74) is 4.48. The summed E-state index contributed by atoms with van der Waals surface area (Å²) < 4.78 is 0. The van der Waals surface area contributed by atoms with E-state index in [2.05, 4.69) is 39.4 Å². The first-order valence-corrected chi connectivity index (χ1v) is 9.88. The first-order valence-electron chi connectivity index (χ1n) is 9.88. The summed E-state index contributed by atoms with van der Waals surface area (Å²) in [6.45, 7) is 6.03. The molecule has 6 heteroatoms. The van der Waals surface area contributed by atoms with Crippen LogP contribution in [0.15, 0.2) is 66.9 Å². The van der Waals surface area contributed by atoms with E-state index in [1.807, 2.05) is 61.5 Å². The normalized spacial score (nSPS) is 10.9. The maximum Gasteiger partial charge on any atom is 0.274 e. The van der Waals surface area contributed by atoms with Crippen molar-refractivity contribution in [1.29, 1.82) is 0 Å². The van der Waals surface area contributed by atoms with Gasteiger partial charge in [0.25, 0.3) is 5.91 Å². The van der Waals surface area contributed by atoms with Gasteiger partial charge >= 0.3 is 0 Å². The number of fused-ring (bicyclic) bond motifs is 1. The van der Waals surface area contributed by atoms with Crippen molar-refractivity contribution in [2.75, 3.05) is 10.6 Å². The minimum absolute atomic E-state index is 0.271. The molecule has 0 atom stereocenters. The summed E-state index contributed by atoms with van der Waals surface area (Å²) in [7, 11) is 0. The van der Waals surface area contributed by atoms with Crippen LogP contribution in [0.3, 0.4) is 0 Å². The van der Waals surface area contributed by atoms with Crippen LogP contribution in [0, 0.1) is 6.92 Å². The van der Waals surface area contributed by atoms with E-state index in [1.54, 1.807) is 12.3 Å². The van der Waals surface area contributed by atoms with Crippen LogP contribution in [-0.4, -0.2) is 20.9 Å². The zero-order valence-corrected chi connectivity index (χ0v) is 17.2. The third-order valence-corrected chi connectivity index (χ3v) is 4.80. The quantitative estimate of drug-likeness (QED) is 0.468. The molecule has 1 amide bonds. The Balaban J connectivity index is 1.63. The Morgan fingerprint density at radius 3 is 2.53 bits per heavy atom. The molecular weight excluding hydrogens is 374 g/mol. The number of benzene rings is 2. The number of carbonyl (C=O) groups is 1. The highest BCUT2D eigenvalue weighted by molar-refractivity contribution is 6.03. The SMILES string of the molecule is Cc1cc(C(=O)Nc2ccccc2C(C)C)nc(Nc2cccc3cccnc23)n1. The Morgan fingerprint density at radius 2 is 1.70 bits per heavy atom. The van der Waals surface area contributed by atoms with Crippen LogP contribution in [0.25, 0.3) is 10.9 Å². The van der Waals surface area contributed by atoms with Gasteiger partial charge in [-0.2, -0.15) is 0 Å². The Labute approximate surface area is 175 Å². The fourth-order valence-corrected chi connectivity index (χ4v) is 3.37. The van der Waals surface area contributed by atoms with Crippen LogP contribution in [-0.2, 0) is 0 Å². The van der Waals surface area contributed by atoms with Crippen molar-refractivity contribution in [3.63, 3.8) is 0 Å². The first-order chi connectivity index (χ1) is 14.5. The fraction of sp³-hybridized carbons (Fsp3) is 0.167. The van der Waals surface area contributed by atoms with Gasteiger partial charge in [-0.25, -0.2) is 9.97 Å². The second-order valence-electron chi connectivity index (χ2n) is 7.42. The lowest BCUT2D eigenvalue weighted by Crippen LogP contribution is -2.16. The molecular formula is C24H23N5O. The Hall–Kier alpha value is -3.80. The predicted molar refractivity (Wildman–Crippen MR) is 120 cm³/mol. The van der Waals surface area contributed by atoms with E-state index in [0.717, 1.165) is 27.8 Å². The molecule has 0 unspecified atom stereocenters. The zero-order valence-electron chi connectivity index (χ0n) is 17.2. The molecule has 0 aliphatic heterocycles. The molecule has 0 aliphatic rings. The monoisotopic (exact) mass is 397 g/mol. The minimum atomic E-state index is -0.271. The molecule has 2 N–H and O–H groups in total. The molecule has 2 aromatic carbocycles. The van der Waals surface area contributed by atoms with E-state index in [4.69, 9.17) is 0 Å². The van der Waals surface area contributed by atoms with Crippen molar-refractivity contribution < 1.29 is 4.79 Å². The van der Waals surface area contributed by atoms with Gasteiger partial charge in [0.1, 0.15) is 5.69 Å². The molecule has 0 saturated heterocycles. The molecule has 0 saturated carbocycles. The van der Waals surface area contributed by atoms with Crippen LogP contribution in [0.4, 0.5) is 17.3 Å². The average Bonchev–Trinajstić information content (AvgIpc) is 2.74. The molecule has 30 heavy (non-hydrogen) atoms. The third-order valence-electron chi connectivity index (χ3n) is 4.80. The standard InChI is InChI=1S/C24H23N5O/c1-15(2)18-10-4-5-11-19(18)27-23(30)21-14-16(3)26-24(29-21)28-20-12-6-8-17-9-7-13-25-22(17)20/h4-15H,1-3H3,(H,27,30)(H,26,28,29). The minimum Gasteiger partial charge on any atom is -0.322 e. The lowest BCUT2D eigenvalue weighted by molar-refractivity contribution is 0.102. The maximum atomic E-state index is 12.9. The van der Waals surface area contributed by atoms with Crippen molar-refractivity contribution in [3.05, 3.63) is 83.8 Å². The lowest BCUT2D eigenvalue weighted by Gasteiger charge is -2.14. The van der Waals surface area contributed by atoms with Gasteiger partial charge in [-0.05, 0) is 42.7 Å². The number of hydrogen-bond acceptors (Lipinski definition) is 5. The summed E-state index contributed by atoms with van der Waals surface area (Å²) >= 11 is 0. The molecule has 0 fully saturated rings. The van der Waals surface area contributed by atoms with Gasteiger partial charge < -0.3 is 10.6 Å². The van der Waals surface area contributed by atoms with Gasteiger partial charge in [0.05, 0.1) is 11.2 Å². The van der Waals surface area contributed by atoms with Crippen LogP contribution < -0.4 is 10.6 Å². The fourth-order valence-electron chi connectivity index (χ4n) is 3.37. The number of aryl methyl sites for hydroxylation is 1. The third kappa shape index (κ3) is 4.12. The number of carbonyl (C=O) groups excluding carboxylic acids is 1. The smallest absolute Gasteiger partial charge is 0.274 e. The van der Waals surface area contributed by atoms with E-state index in [-0.39, 0.29) is 5.91 Å². The molecule has 2 heterocycles. The second kappa shape index (κ2) is 8.29. The van der Waals surface area contributed by atoms with Gasteiger partial charge in [0, 0.05) is 23.0 Å². The second-order valence-corrected chi connectivity index (χ2v) is 7.42. The van der Waals surface area contributed by atoms with E-state index in [1.165, 1.54) is 0 Å². The largest absolute Gasteiger partial charge is 0.322 e. The number of nitrogens with zero attached hydrogens (tertiary/aromatic N) is 3. The first kappa shape index (κ1) is 19.5. The number of para-hydroxylation sites is 2. The molecule has 0 radical (unpaired) electrons. The molecule has 6 nitrogen and oxygen atoms in total. The van der Waals surface area contributed by atoms with Gasteiger partial charge in [-0.3, -0.25) is 9.78 Å². The lowest BCUT2D eigenvalue weighted by atomic mass is 10.0. The number of amides is 1. The molecule has 150 valence electrons. The number of anilines is 3. The highest BCUT2D eigenvalue weighted by atomic mass is 16.1. The summed E-state index contributed by atoms with van der Waals surface area (Å²) in [5, 5.41) is 7.21. The summed E-state index contributed by atoms with van der Waals surface area (Å²) in [6, 6.07) is 19.2. The van der Waals surface area contributed by atoms with Crippen LogP contribution >= 0.6 is 0 Å². The van der Waals surface area contributed by atoms with E-state index in [9.17, 15) is 4.79 Å². The van der Waals surface area contributed by atoms with Crippen LogP contribution in [0.1, 0.15) is 41.5 Å². The topological polar surface area (TPSA) is 79.8 Å². The molecule has 0 bridgehead atoms. The van der Waals surface area contributed by atoms with Crippen LogP contribution in [0.5, 0.6) is 0 Å². The number of pyridine rings is 1. The Kier molecular flexibility index (Phi) is 5.39. The van der Waals surface area contributed by atoms with Crippen molar-refractivity contribution in [2.24, 2.45) is 0 Å². The zero-order chi connectivity index (χ0) is 21.1. The van der Waals surface area contributed by atoms with Crippen molar-refractivity contribution in [2.45, 2.75) is 26.7 Å². The molecule has 0 spiro atoms. The highest BCUT2D eigenvalue weighted by Gasteiger charge is 2.14. The van der Waals surface area contributed by atoms with Crippen molar-refractivity contribution in [3.8, 4) is 0 Å². The van der Waals surface area contributed by atoms with Gasteiger partial charge in [0.2, 0.25) is 5.95 Å². The van der Waals surface area contributed by atoms with Crippen molar-refractivity contribution in [1.82, 2.24) is 15.0 Å². The van der Waals surface area contributed by atoms with Crippen LogP contribution in [0.2, 0.25) is 0 Å². The molecule has 0 aliphatic carbocycles. The Morgan fingerprint density at radius 1 is 0.933 bits per heavy atom. The number of aromatic nitrogens is 3. The molecule has 4 rings (SSSR count). The predicted octanol–water partition coefficient (Wildman–Crippen LogP) is 5.45. The summed E-state index contributed by atoms with van der Waals surface area (Å²) in [4.78, 5) is 26.2. The van der Waals surface area contributed by atoms with E-state index >= 15 is 0 Å². The number of rotatable bonds is 5. The van der Waals surface area contributed by atoms with Gasteiger partial charge in [-0.15, -0.1) is 0 Å². The summed E-state index contributed by atoms with van der Waals surface area (Å²) in [5.74, 6) is 0.382.